The predicted molar refractivity (Wildman–Crippen MR) is 126 cm³/mol. The van der Waals surface area contributed by atoms with Crippen molar-refractivity contribution in [2.45, 2.75) is 31.8 Å². The van der Waals surface area contributed by atoms with Crippen LogP contribution in [0.5, 0.6) is 0 Å². The monoisotopic (exact) mass is 457 g/mol. The summed E-state index contributed by atoms with van der Waals surface area (Å²) in [6, 6.07) is 15.8. The van der Waals surface area contributed by atoms with Crippen LogP contribution in [0.15, 0.2) is 60.9 Å². The van der Waals surface area contributed by atoms with Crippen molar-refractivity contribution < 1.29 is 9.59 Å². The van der Waals surface area contributed by atoms with Gasteiger partial charge in [0.15, 0.2) is 0 Å². The number of amides is 2. The molecule has 6 rings (SSSR count). The highest BCUT2D eigenvalue weighted by Gasteiger charge is 2.54. The Hall–Kier alpha value is -3.52. The van der Waals surface area contributed by atoms with E-state index in [-0.39, 0.29) is 23.9 Å². The number of hydrogen-bond donors (Lipinski definition) is 1. The van der Waals surface area contributed by atoms with Gasteiger partial charge >= 0.3 is 0 Å². The topological polar surface area (TPSA) is 79.6 Å². The van der Waals surface area contributed by atoms with E-state index in [4.69, 9.17) is 0 Å². The van der Waals surface area contributed by atoms with Crippen LogP contribution in [0.3, 0.4) is 0 Å². The van der Waals surface area contributed by atoms with Gasteiger partial charge in [0.25, 0.3) is 11.8 Å². The molecule has 1 saturated heterocycles. The van der Waals surface area contributed by atoms with Crippen molar-refractivity contribution in [3.63, 3.8) is 0 Å². The van der Waals surface area contributed by atoms with E-state index in [1.54, 1.807) is 21.9 Å². The number of thiazole rings is 1. The molecule has 1 aliphatic heterocycles. The molecule has 3 atom stereocenters. The summed E-state index contributed by atoms with van der Waals surface area (Å²) in [5.41, 5.74) is 2.76. The maximum Gasteiger partial charge on any atom is 0.274 e. The van der Waals surface area contributed by atoms with Gasteiger partial charge in [-0.2, -0.15) is 0 Å². The number of nitrogens with zero attached hydrogens (tertiary/aromatic N) is 4. The highest BCUT2D eigenvalue weighted by molar-refractivity contribution is 7.15. The van der Waals surface area contributed by atoms with Crippen molar-refractivity contribution in [2.75, 3.05) is 6.54 Å². The molecule has 0 spiro atoms. The van der Waals surface area contributed by atoms with Crippen LogP contribution in [0, 0.1) is 12.8 Å². The number of aromatic nitrogens is 3. The van der Waals surface area contributed by atoms with Crippen molar-refractivity contribution in [3.05, 3.63) is 77.3 Å². The minimum absolute atomic E-state index is 0.0303. The summed E-state index contributed by atoms with van der Waals surface area (Å²) in [6.45, 7) is 2.35. The van der Waals surface area contributed by atoms with Crippen LogP contribution in [0.4, 0.5) is 0 Å². The third-order valence-electron chi connectivity index (χ3n) is 6.57. The SMILES string of the molecule is Cc1nc(C(=O)N2[C@H](CNC(=O)c3cnc4ccccn34)C[C@@H]3C[C@@H]32)c(-c2ccccc2)s1. The number of rotatable bonds is 5. The molecule has 2 aliphatic rings. The molecule has 1 aliphatic carbocycles. The minimum atomic E-state index is -0.184. The van der Waals surface area contributed by atoms with Gasteiger partial charge in [0.05, 0.1) is 22.1 Å². The normalized spacial score (nSPS) is 21.2. The number of aryl methyl sites for hydroxylation is 1. The lowest BCUT2D eigenvalue weighted by molar-refractivity contribution is 0.0684. The lowest BCUT2D eigenvalue weighted by atomic mass is 10.1. The zero-order chi connectivity index (χ0) is 22.5. The van der Waals surface area contributed by atoms with Crippen molar-refractivity contribution >= 4 is 28.8 Å². The van der Waals surface area contributed by atoms with Crippen LogP contribution in [-0.4, -0.2) is 49.7 Å². The van der Waals surface area contributed by atoms with Crippen LogP contribution >= 0.6 is 11.3 Å². The average Bonchev–Trinajstić information content (AvgIpc) is 3.16. The summed E-state index contributed by atoms with van der Waals surface area (Å²) in [5, 5.41) is 3.91. The molecule has 4 heterocycles. The number of hydrogen-bond acceptors (Lipinski definition) is 5. The molecule has 8 heteroatoms. The first-order chi connectivity index (χ1) is 16.1. The summed E-state index contributed by atoms with van der Waals surface area (Å²) in [6.07, 6.45) is 5.36. The van der Waals surface area contributed by atoms with E-state index >= 15 is 0 Å². The second-order valence-corrected chi connectivity index (χ2v) is 9.93. The van der Waals surface area contributed by atoms with Crippen molar-refractivity contribution in [1.29, 1.82) is 0 Å². The molecule has 1 saturated carbocycles. The van der Waals surface area contributed by atoms with Crippen LogP contribution in [0.1, 0.15) is 38.8 Å². The molecule has 3 aromatic heterocycles. The van der Waals surface area contributed by atoms with Crippen LogP contribution < -0.4 is 5.32 Å². The van der Waals surface area contributed by atoms with Gasteiger partial charge in [-0.1, -0.05) is 36.4 Å². The predicted octanol–water partition coefficient (Wildman–Crippen LogP) is 3.80. The molecule has 7 nitrogen and oxygen atoms in total. The quantitative estimate of drug-likeness (QED) is 0.494. The highest BCUT2D eigenvalue weighted by atomic mass is 32.1. The van der Waals surface area contributed by atoms with Crippen LogP contribution in [-0.2, 0) is 0 Å². The fourth-order valence-electron chi connectivity index (χ4n) is 4.94. The van der Waals surface area contributed by atoms with Gasteiger partial charge in [-0.3, -0.25) is 14.0 Å². The molecule has 0 radical (unpaired) electrons. The molecule has 0 unspecified atom stereocenters. The first kappa shape index (κ1) is 20.1. The molecule has 33 heavy (non-hydrogen) atoms. The number of benzene rings is 1. The summed E-state index contributed by atoms with van der Waals surface area (Å²) >= 11 is 1.55. The average molecular weight is 458 g/mol. The Balaban J connectivity index is 1.22. The van der Waals surface area contributed by atoms with E-state index in [9.17, 15) is 9.59 Å². The lowest BCUT2D eigenvalue weighted by Gasteiger charge is -2.27. The fourth-order valence-corrected chi connectivity index (χ4v) is 5.85. The van der Waals surface area contributed by atoms with Gasteiger partial charge in [-0.05, 0) is 43.4 Å². The number of carbonyl (C=O) groups is 2. The number of fused-ring (bicyclic) bond motifs is 2. The lowest BCUT2D eigenvalue weighted by Crippen LogP contribution is -2.45. The number of likely N-dealkylation sites (tertiary alicyclic amines) is 1. The highest BCUT2D eigenvalue weighted by Crippen LogP contribution is 2.48. The maximum atomic E-state index is 13.7. The molecule has 2 fully saturated rings. The Labute approximate surface area is 195 Å². The Morgan fingerprint density at radius 3 is 2.79 bits per heavy atom. The second kappa shape index (κ2) is 7.81. The van der Waals surface area contributed by atoms with E-state index in [1.165, 1.54) is 0 Å². The number of nitrogens with one attached hydrogen (secondary N) is 1. The third-order valence-corrected chi connectivity index (χ3v) is 7.59. The van der Waals surface area contributed by atoms with Crippen LogP contribution in [0.25, 0.3) is 16.1 Å². The van der Waals surface area contributed by atoms with Gasteiger partial charge in [-0.15, -0.1) is 11.3 Å². The van der Waals surface area contributed by atoms with Gasteiger partial charge in [0.1, 0.15) is 17.0 Å². The largest absolute Gasteiger partial charge is 0.349 e. The summed E-state index contributed by atoms with van der Waals surface area (Å²) < 4.78 is 1.77. The van der Waals surface area contributed by atoms with Crippen molar-refractivity contribution in [1.82, 2.24) is 24.6 Å². The molecule has 2 amide bonds. The number of pyridine rings is 1. The molecule has 166 valence electrons. The fraction of sp³-hybridized carbons (Fsp3) is 0.280. The van der Waals surface area contributed by atoms with Crippen molar-refractivity contribution in [2.24, 2.45) is 5.92 Å². The Morgan fingerprint density at radius 1 is 1.12 bits per heavy atom. The zero-order valence-electron chi connectivity index (χ0n) is 18.1. The maximum absolute atomic E-state index is 13.7. The number of piperidine rings is 1. The molecular formula is C25H23N5O2S. The van der Waals surface area contributed by atoms with E-state index in [2.05, 4.69) is 15.3 Å². The number of imidazole rings is 1. The Morgan fingerprint density at radius 2 is 1.94 bits per heavy atom. The molecule has 1 aromatic carbocycles. The van der Waals surface area contributed by atoms with E-state index in [0.29, 0.717) is 23.9 Å². The van der Waals surface area contributed by atoms with Gasteiger partial charge in [0, 0.05) is 18.8 Å². The van der Waals surface area contributed by atoms with Crippen LogP contribution in [0.2, 0.25) is 0 Å². The van der Waals surface area contributed by atoms with E-state index < -0.39 is 0 Å². The smallest absolute Gasteiger partial charge is 0.274 e. The summed E-state index contributed by atoms with van der Waals surface area (Å²) in [7, 11) is 0. The summed E-state index contributed by atoms with van der Waals surface area (Å²) in [5.74, 6) is 0.306. The minimum Gasteiger partial charge on any atom is -0.349 e. The zero-order valence-corrected chi connectivity index (χ0v) is 19.0. The molecule has 1 N–H and O–H groups in total. The molecule has 0 bridgehead atoms. The first-order valence-electron chi connectivity index (χ1n) is 11.2. The third kappa shape index (κ3) is 3.51. The van der Waals surface area contributed by atoms with Gasteiger partial charge < -0.3 is 10.2 Å². The number of carbonyl (C=O) groups excluding carboxylic acids is 2. The summed E-state index contributed by atoms with van der Waals surface area (Å²) in [4.78, 5) is 38.4. The van der Waals surface area contributed by atoms with Gasteiger partial charge in [0.2, 0.25) is 0 Å². The Kier molecular flexibility index (Phi) is 4.76. The first-order valence-corrected chi connectivity index (χ1v) is 12.0. The standard InChI is InChI=1S/C25H23N5O2S/c1-15-28-22(23(33-15)16-7-3-2-4-8-16)25(32)30-18(11-17-12-19(17)30)13-27-24(31)20-14-26-21-9-5-6-10-29(20)21/h2-10,14,17-19H,11-13H2,1H3,(H,27,31)/t17-,18+,19+/m1/s1. The molecule has 4 aromatic rings. The van der Waals surface area contributed by atoms with E-state index in [1.807, 2.05) is 66.6 Å². The Bertz CT molecular complexity index is 1360. The molecular weight excluding hydrogens is 434 g/mol. The van der Waals surface area contributed by atoms with Gasteiger partial charge in [-0.25, -0.2) is 9.97 Å². The second-order valence-electron chi connectivity index (χ2n) is 8.72. The van der Waals surface area contributed by atoms with Crippen molar-refractivity contribution in [3.8, 4) is 10.4 Å². The van der Waals surface area contributed by atoms with E-state index in [0.717, 1.165) is 33.9 Å².